The summed E-state index contributed by atoms with van der Waals surface area (Å²) in [6, 6.07) is 6.27. The largest absolute Gasteiger partial charge is 0.464 e. The number of aromatic nitrogens is 1. The van der Waals surface area contributed by atoms with Gasteiger partial charge in [0.05, 0.1) is 21.5 Å². The highest BCUT2D eigenvalue weighted by Crippen LogP contribution is 2.31. The Morgan fingerprint density at radius 3 is 2.38 bits per heavy atom. The van der Waals surface area contributed by atoms with Crippen LogP contribution in [-0.4, -0.2) is 25.5 Å². The molecular formula is C13H11BrClNO4S. The first-order chi connectivity index (χ1) is 9.78. The van der Waals surface area contributed by atoms with E-state index in [0.717, 1.165) is 16.6 Å². The summed E-state index contributed by atoms with van der Waals surface area (Å²) in [4.78, 5) is 11.8. The Kier molecular flexibility index (Phi) is 4.46. The van der Waals surface area contributed by atoms with Crippen LogP contribution in [0.3, 0.4) is 0 Å². The molecule has 2 aromatic rings. The minimum Gasteiger partial charge on any atom is -0.464 e. The first kappa shape index (κ1) is 16.1. The van der Waals surface area contributed by atoms with E-state index < -0.39 is 16.0 Å². The second kappa shape index (κ2) is 5.82. The second-order valence-electron chi connectivity index (χ2n) is 4.25. The van der Waals surface area contributed by atoms with E-state index in [-0.39, 0.29) is 15.6 Å². The zero-order chi connectivity index (χ0) is 15.8. The van der Waals surface area contributed by atoms with E-state index in [4.69, 9.17) is 11.6 Å². The molecule has 1 aromatic carbocycles. The van der Waals surface area contributed by atoms with Crippen molar-refractivity contribution in [2.45, 2.75) is 11.8 Å². The number of carbonyl (C=O) groups excluding carboxylic acids is 1. The van der Waals surface area contributed by atoms with Gasteiger partial charge in [0.1, 0.15) is 0 Å². The molecule has 0 bridgehead atoms. The number of esters is 1. The number of carbonyl (C=O) groups is 1. The normalized spacial score (nSPS) is 11.4. The molecule has 5 nitrogen and oxygen atoms in total. The molecule has 1 heterocycles. The highest BCUT2D eigenvalue weighted by Gasteiger charge is 2.28. The van der Waals surface area contributed by atoms with Gasteiger partial charge in [-0.25, -0.2) is 17.2 Å². The molecule has 0 radical (unpaired) electrons. The molecular weight excluding hydrogens is 382 g/mol. The minimum atomic E-state index is -3.94. The van der Waals surface area contributed by atoms with E-state index in [1.54, 1.807) is 12.1 Å². The Morgan fingerprint density at radius 1 is 1.29 bits per heavy atom. The summed E-state index contributed by atoms with van der Waals surface area (Å²) in [7, 11) is -2.79. The molecule has 0 spiro atoms. The molecule has 21 heavy (non-hydrogen) atoms. The van der Waals surface area contributed by atoms with Gasteiger partial charge in [-0.15, -0.1) is 0 Å². The van der Waals surface area contributed by atoms with Crippen molar-refractivity contribution in [3.8, 4) is 0 Å². The molecule has 0 saturated carbocycles. The smallest absolute Gasteiger partial charge is 0.357 e. The predicted octanol–water partition coefficient (Wildman–Crippen LogP) is 3.24. The lowest BCUT2D eigenvalue weighted by Gasteiger charge is -2.09. The zero-order valence-corrected chi connectivity index (χ0v) is 14.3. The first-order valence-electron chi connectivity index (χ1n) is 5.76. The van der Waals surface area contributed by atoms with Crippen molar-refractivity contribution < 1.29 is 17.9 Å². The van der Waals surface area contributed by atoms with Crippen molar-refractivity contribution in [2.75, 3.05) is 7.11 Å². The molecule has 0 aliphatic carbocycles. The lowest BCUT2D eigenvalue weighted by atomic mass is 10.2. The van der Waals surface area contributed by atoms with Crippen LogP contribution < -0.4 is 0 Å². The number of aryl methyl sites for hydroxylation is 1. The van der Waals surface area contributed by atoms with Gasteiger partial charge in [0.25, 0.3) is 10.0 Å². The van der Waals surface area contributed by atoms with Crippen LogP contribution in [0.5, 0.6) is 0 Å². The molecule has 0 unspecified atom stereocenters. The third-order valence-corrected chi connectivity index (χ3v) is 5.71. The molecule has 0 atom stereocenters. The van der Waals surface area contributed by atoms with Gasteiger partial charge < -0.3 is 4.74 Å². The molecule has 0 aliphatic heterocycles. The number of benzene rings is 1. The maximum Gasteiger partial charge on any atom is 0.357 e. The Labute approximate surface area is 135 Å². The predicted molar refractivity (Wildman–Crippen MR) is 82.2 cm³/mol. The van der Waals surface area contributed by atoms with Crippen LogP contribution in [0, 0.1) is 6.92 Å². The van der Waals surface area contributed by atoms with Crippen LogP contribution in [0.1, 0.15) is 16.1 Å². The molecule has 0 amide bonds. The van der Waals surface area contributed by atoms with Crippen LogP contribution in [-0.2, 0) is 14.8 Å². The third-order valence-electron chi connectivity index (χ3n) is 2.83. The zero-order valence-electron chi connectivity index (χ0n) is 11.1. The average molecular weight is 393 g/mol. The SMILES string of the molecule is COC(=O)c1c(Cl)c(Br)cn1S(=O)(=O)c1ccc(C)cc1. The van der Waals surface area contributed by atoms with E-state index in [2.05, 4.69) is 20.7 Å². The summed E-state index contributed by atoms with van der Waals surface area (Å²) in [6.45, 7) is 1.85. The van der Waals surface area contributed by atoms with Crippen molar-refractivity contribution in [3.63, 3.8) is 0 Å². The second-order valence-corrected chi connectivity index (χ2v) is 7.29. The van der Waals surface area contributed by atoms with E-state index >= 15 is 0 Å². The summed E-state index contributed by atoms with van der Waals surface area (Å²) < 4.78 is 31.0. The van der Waals surface area contributed by atoms with Crippen molar-refractivity contribution >= 4 is 43.5 Å². The van der Waals surface area contributed by atoms with E-state index in [1.165, 1.54) is 18.3 Å². The van der Waals surface area contributed by atoms with Crippen LogP contribution >= 0.6 is 27.5 Å². The van der Waals surface area contributed by atoms with Crippen molar-refractivity contribution in [3.05, 3.63) is 51.2 Å². The van der Waals surface area contributed by atoms with E-state index in [0.29, 0.717) is 4.47 Å². The molecule has 112 valence electrons. The summed E-state index contributed by atoms with van der Waals surface area (Å²) in [5.41, 5.74) is 0.681. The van der Waals surface area contributed by atoms with E-state index in [9.17, 15) is 13.2 Å². The number of rotatable bonds is 3. The summed E-state index contributed by atoms with van der Waals surface area (Å²) in [5.74, 6) is -0.832. The van der Waals surface area contributed by atoms with Crippen LogP contribution in [0.4, 0.5) is 0 Å². The third kappa shape index (κ3) is 2.86. The quantitative estimate of drug-likeness (QED) is 0.752. The van der Waals surface area contributed by atoms with Crippen molar-refractivity contribution in [1.29, 1.82) is 0 Å². The van der Waals surface area contributed by atoms with Gasteiger partial charge >= 0.3 is 5.97 Å². The standard InChI is InChI=1S/C13H11BrClNO4S/c1-8-3-5-9(6-4-8)21(18,19)16-7-10(14)11(15)12(16)13(17)20-2/h3-7H,1-2H3. The van der Waals surface area contributed by atoms with Gasteiger partial charge in [-0.05, 0) is 35.0 Å². The molecule has 0 aliphatic rings. The summed E-state index contributed by atoms with van der Waals surface area (Å²) in [6.07, 6.45) is 1.23. The number of ether oxygens (including phenoxy) is 1. The number of hydrogen-bond donors (Lipinski definition) is 0. The van der Waals surface area contributed by atoms with Gasteiger partial charge in [-0.3, -0.25) is 0 Å². The van der Waals surface area contributed by atoms with Crippen molar-refractivity contribution in [2.24, 2.45) is 0 Å². The van der Waals surface area contributed by atoms with Gasteiger partial charge in [0.15, 0.2) is 5.69 Å². The Morgan fingerprint density at radius 2 is 1.86 bits per heavy atom. The van der Waals surface area contributed by atoms with Crippen LogP contribution in [0.2, 0.25) is 5.02 Å². The van der Waals surface area contributed by atoms with Gasteiger partial charge in [0.2, 0.25) is 0 Å². The van der Waals surface area contributed by atoms with Crippen molar-refractivity contribution in [1.82, 2.24) is 3.97 Å². The number of methoxy groups -OCH3 is 1. The highest BCUT2D eigenvalue weighted by atomic mass is 79.9. The average Bonchev–Trinajstić information content (AvgIpc) is 2.75. The molecule has 8 heteroatoms. The van der Waals surface area contributed by atoms with Gasteiger partial charge in [-0.1, -0.05) is 29.3 Å². The lowest BCUT2D eigenvalue weighted by molar-refractivity contribution is 0.0593. The molecule has 0 N–H and O–H groups in total. The Balaban J connectivity index is 2.68. The molecule has 0 fully saturated rings. The monoisotopic (exact) mass is 391 g/mol. The fourth-order valence-corrected chi connectivity index (χ4v) is 3.88. The highest BCUT2D eigenvalue weighted by molar-refractivity contribution is 9.10. The fraction of sp³-hybridized carbons (Fsp3) is 0.154. The summed E-state index contributed by atoms with van der Waals surface area (Å²) >= 11 is 9.09. The maximum absolute atomic E-state index is 12.6. The van der Waals surface area contributed by atoms with Gasteiger partial charge in [-0.2, -0.15) is 0 Å². The number of halogens is 2. The minimum absolute atomic E-state index is 0.0162. The summed E-state index contributed by atoms with van der Waals surface area (Å²) in [5, 5.41) is -0.0162. The first-order valence-corrected chi connectivity index (χ1v) is 8.37. The Hall–Kier alpha value is -1.31. The molecule has 1 aromatic heterocycles. The van der Waals surface area contributed by atoms with Crippen LogP contribution in [0.15, 0.2) is 39.8 Å². The Bertz CT molecular complexity index is 796. The molecule has 0 saturated heterocycles. The number of nitrogens with zero attached hydrogens (tertiary/aromatic N) is 1. The fourth-order valence-electron chi connectivity index (χ4n) is 1.72. The maximum atomic E-state index is 12.6. The molecule has 2 rings (SSSR count). The lowest BCUT2D eigenvalue weighted by Crippen LogP contribution is -2.18. The van der Waals surface area contributed by atoms with Gasteiger partial charge in [0, 0.05) is 6.20 Å². The number of hydrogen-bond acceptors (Lipinski definition) is 4. The van der Waals surface area contributed by atoms with E-state index in [1.807, 2.05) is 6.92 Å². The topological polar surface area (TPSA) is 65.4 Å². The van der Waals surface area contributed by atoms with Crippen LogP contribution in [0.25, 0.3) is 0 Å².